The monoisotopic (exact) mass is 774 g/mol. The van der Waals surface area contributed by atoms with Crippen LogP contribution in [0, 0.1) is 0 Å². The molecule has 0 saturated heterocycles. The average molecular weight is 775 g/mol. The topological polar surface area (TPSA) is 145 Å². The van der Waals surface area contributed by atoms with Crippen LogP contribution in [0.5, 0.6) is 0 Å². The molecule has 2 aliphatic heterocycles. The average Bonchev–Trinajstić information content (AvgIpc) is 3.65. The van der Waals surface area contributed by atoms with E-state index < -0.39 is 32.9 Å². The van der Waals surface area contributed by atoms with Gasteiger partial charge in [0.25, 0.3) is 0 Å². The van der Waals surface area contributed by atoms with Gasteiger partial charge in [0.05, 0.1) is 22.7 Å². The van der Waals surface area contributed by atoms with Crippen LogP contribution >= 0.6 is 0 Å². The van der Waals surface area contributed by atoms with Crippen molar-refractivity contribution in [1.29, 1.82) is 0 Å². The van der Waals surface area contributed by atoms with Gasteiger partial charge in [0.1, 0.15) is 12.3 Å². The predicted molar refractivity (Wildman–Crippen MR) is 211 cm³/mol. The number of hydrogen-bond acceptors (Lipinski definition) is 8. The van der Waals surface area contributed by atoms with Gasteiger partial charge in [-0.3, -0.25) is 8.61 Å². The summed E-state index contributed by atoms with van der Waals surface area (Å²) < 4.78 is 71.7. The van der Waals surface area contributed by atoms with Crippen molar-refractivity contribution in [2.45, 2.75) is 167 Å². The smallest absolute Gasteiger partial charge is 0.731 e. The second kappa shape index (κ2) is 24.9. The summed E-state index contributed by atoms with van der Waals surface area (Å²) in [5.74, 6) is 0. The van der Waals surface area contributed by atoms with E-state index in [9.17, 15) is 25.9 Å². The van der Waals surface area contributed by atoms with Gasteiger partial charge >= 0.3 is 37.7 Å². The standard InChI is InChI=1S/2C19H32N2O3S.Ca/c2*1-2-3-4-5-6-7-8-9-10-11-16-19-20-17-14-12-13-15-18(17)21(19)25(22,23)24;/h2*12-15,19-20H,2-11,16H2,1H3,(H,22,23,24);/q;;+2/p-2. The van der Waals surface area contributed by atoms with E-state index in [-0.39, 0.29) is 37.7 Å². The van der Waals surface area contributed by atoms with Crippen molar-refractivity contribution in [1.82, 2.24) is 0 Å². The molecule has 51 heavy (non-hydrogen) atoms. The molecule has 0 saturated carbocycles. The van der Waals surface area contributed by atoms with Gasteiger partial charge in [-0.15, -0.1) is 0 Å². The van der Waals surface area contributed by atoms with Crippen molar-refractivity contribution < 1.29 is 25.9 Å². The molecule has 2 atom stereocenters. The van der Waals surface area contributed by atoms with Crippen LogP contribution in [0.25, 0.3) is 0 Å². The minimum atomic E-state index is -4.51. The molecular formula is C38H62CaN4O6S2. The molecule has 0 spiro atoms. The van der Waals surface area contributed by atoms with Crippen LogP contribution in [0.2, 0.25) is 0 Å². The fourth-order valence-corrected chi connectivity index (χ4v) is 8.71. The Labute approximate surface area is 339 Å². The van der Waals surface area contributed by atoms with Crippen molar-refractivity contribution in [3.63, 3.8) is 0 Å². The van der Waals surface area contributed by atoms with Crippen LogP contribution in [-0.2, 0) is 20.6 Å². The van der Waals surface area contributed by atoms with E-state index >= 15 is 0 Å². The van der Waals surface area contributed by atoms with E-state index in [1.807, 2.05) is 24.3 Å². The maximum Gasteiger partial charge on any atom is 2.00 e. The number of para-hydroxylation sites is 4. The maximum atomic E-state index is 11.6. The van der Waals surface area contributed by atoms with Crippen molar-refractivity contribution >= 4 is 81.1 Å². The number of fused-ring (bicyclic) bond motifs is 2. The van der Waals surface area contributed by atoms with Crippen LogP contribution in [0.3, 0.4) is 0 Å². The van der Waals surface area contributed by atoms with E-state index in [0.29, 0.717) is 24.2 Å². The van der Waals surface area contributed by atoms with Crippen molar-refractivity contribution in [2.75, 3.05) is 19.2 Å². The van der Waals surface area contributed by atoms with E-state index in [0.717, 1.165) is 45.7 Å². The Bertz CT molecular complexity index is 1350. The zero-order chi connectivity index (χ0) is 36.2. The predicted octanol–water partition coefficient (Wildman–Crippen LogP) is 9.65. The maximum absolute atomic E-state index is 11.6. The van der Waals surface area contributed by atoms with Gasteiger partial charge in [0.15, 0.2) is 20.6 Å². The first-order valence-electron chi connectivity index (χ1n) is 19.3. The third-order valence-corrected chi connectivity index (χ3v) is 11.5. The molecule has 0 radical (unpaired) electrons. The van der Waals surface area contributed by atoms with Gasteiger partial charge in [0.2, 0.25) is 0 Å². The van der Waals surface area contributed by atoms with Gasteiger partial charge in [-0.05, 0) is 49.9 Å². The van der Waals surface area contributed by atoms with Crippen LogP contribution in [0.4, 0.5) is 22.7 Å². The molecule has 2 aromatic carbocycles. The zero-order valence-corrected chi connectivity index (χ0v) is 35.0. The molecule has 2 aromatic rings. The number of rotatable bonds is 24. The number of benzene rings is 2. The molecule has 2 unspecified atom stereocenters. The minimum absolute atomic E-state index is 0. The van der Waals surface area contributed by atoms with Crippen LogP contribution in [-0.4, -0.2) is 76.0 Å². The molecule has 2 aliphatic rings. The SMILES string of the molecule is CCCCCCCCCCCCC1Nc2ccccc2N1S(=O)(=O)[O-].CCCCCCCCCCCCC1Nc2ccccc2N1S(=O)(=O)[O-].[Ca+2]. The van der Waals surface area contributed by atoms with E-state index in [1.165, 1.54) is 103 Å². The third-order valence-electron chi connectivity index (χ3n) is 9.64. The number of unbranched alkanes of at least 4 members (excludes halogenated alkanes) is 18. The molecular weight excluding hydrogens is 713 g/mol. The molecule has 0 bridgehead atoms. The summed E-state index contributed by atoms with van der Waals surface area (Å²) >= 11 is 0. The quantitative estimate of drug-likeness (QED) is 0.0610. The number of hydrogen-bond donors (Lipinski definition) is 2. The van der Waals surface area contributed by atoms with Gasteiger partial charge in [0, 0.05) is 0 Å². The zero-order valence-electron chi connectivity index (χ0n) is 31.2. The molecule has 0 aliphatic carbocycles. The fourth-order valence-electron chi connectivity index (χ4n) is 6.97. The molecule has 2 N–H and O–H groups in total. The molecule has 2 heterocycles. The molecule has 4 rings (SSSR count). The first kappa shape index (κ1) is 45.9. The summed E-state index contributed by atoms with van der Waals surface area (Å²) in [5.41, 5.74) is 2.38. The first-order chi connectivity index (χ1) is 24.1. The molecule has 284 valence electrons. The van der Waals surface area contributed by atoms with Crippen LogP contribution < -0.4 is 19.2 Å². The molecule has 0 amide bonds. The Hall–Kier alpha value is -1.28. The first-order valence-corrected chi connectivity index (χ1v) is 22.0. The van der Waals surface area contributed by atoms with Gasteiger partial charge in [-0.25, -0.2) is 16.8 Å². The summed E-state index contributed by atoms with van der Waals surface area (Å²) in [6, 6.07) is 14.2. The molecule has 10 nitrogen and oxygen atoms in total. The van der Waals surface area contributed by atoms with Crippen molar-refractivity contribution in [2.24, 2.45) is 0 Å². The Morgan fingerprint density at radius 3 is 1.06 bits per heavy atom. The Morgan fingerprint density at radius 1 is 0.490 bits per heavy atom. The molecule has 0 fully saturated rings. The summed E-state index contributed by atoms with van der Waals surface area (Å²) in [6.45, 7) is 4.47. The number of nitrogens with one attached hydrogen (secondary N) is 2. The van der Waals surface area contributed by atoms with Gasteiger partial charge in [-0.2, -0.15) is 0 Å². The van der Waals surface area contributed by atoms with Crippen molar-refractivity contribution in [3.05, 3.63) is 48.5 Å². The van der Waals surface area contributed by atoms with Crippen molar-refractivity contribution in [3.8, 4) is 0 Å². The number of nitrogens with zero attached hydrogens (tertiary/aromatic N) is 2. The molecule has 0 aromatic heterocycles. The van der Waals surface area contributed by atoms with E-state index in [2.05, 4.69) is 24.5 Å². The second-order valence-corrected chi connectivity index (χ2v) is 16.3. The van der Waals surface area contributed by atoms with Gasteiger partial charge in [-0.1, -0.05) is 154 Å². The Morgan fingerprint density at radius 2 is 0.765 bits per heavy atom. The summed E-state index contributed by atoms with van der Waals surface area (Å²) in [4.78, 5) is 0. The fraction of sp³-hybridized carbons (Fsp3) is 0.684. The van der Waals surface area contributed by atoms with Gasteiger partial charge < -0.3 is 19.7 Å². The van der Waals surface area contributed by atoms with E-state index in [1.54, 1.807) is 24.3 Å². The summed E-state index contributed by atoms with van der Waals surface area (Å²) in [5, 5.41) is 6.34. The molecule has 13 heteroatoms. The largest absolute Gasteiger partial charge is 2.00 e. The Balaban J connectivity index is 0.000000347. The summed E-state index contributed by atoms with van der Waals surface area (Å²) in [7, 11) is -9.01. The normalized spacial score (nSPS) is 16.4. The second-order valence-electron chi connectivity index (χ2n) is 13.8. The summed E-state index contributed by atoms with van der Waals surface area (Å²) in [6.07, 6.45) is 25.1. The van der Waals surface area contributed by atoms with Crippen LogP contribution in [0.1, 0.15) is 155 Å². The van der Waals surface area contributed by atoms with E-state index in [4.69, 9.17) is 0 Å². The Kier molecular flexibility index (Phi) is 22.4. The third kappa shape index (κ3) is 16.3. The number of anilines is 4. The van der Waals surface area contributed by atoms with Crippen LogP contribution in [0.15, 0.2) is 48.5 Å². The minimum Gasteiger partial charge on any atom is -0.731 e.